The molecule has 1 heterocycles. The van der Waals surface area contributed by atoms with Crippen LogP contribution in [0.15, 0.2) is 10.7 Å². The standard InChI is InChI=1S/C13H19BrN2O2/c1-18-8-7-16-12(11(14)9-15-16)13(17)10-5-3-2-4-6-10/h9-10H,2-8H2,1H3. The van der Waals surface area contributed by atoms with Crippen LogP contribution in [0.5, 0.6) is 0 Å². The van der Waals surface area contributed by atoms with E-state index >= 15 is 0 Å². The molecule has 1 aromatic rings. The topological polar surface area (TPSA) is 44.1 Å². The van der Waals surface area contributed by atoms with Crippen LogP contribution < -0.4 is 0 Å². The molecule has 100 valence electrons. The quantitative estimate of drug-likeness (QED) is 0.785. The van der Waals surface area contributed by atoms with Gasteiger partial charge in [-0.1, -0.05) is 19.3 Å². The van der Waals surface area contributed by atoms with Crippen molar-refractivity contribution in [2.24, 2.45) is 5.92 Å². The zero-order valence-electron chi connectivity index (χ0n) is 10.7. The lowest BCUT2D eigenvalue weighted by Gasteiger charge is -2.20. The van der Waals surface area contributed by atoms with E-state index in [2.05, 4.69) is 21.0 Å². The van der Waals surface area contributed by atoms with Crippen LogP contribution in [-0.2, 0) is 11.3 Å². The van der Waals surface area contributed by atoms with E-state index in [0.29, 0.717) is 18.8 Å². The Kier molecular flexibility index (Phi) is 4.95. The summed E-state index contributed by atoms with van der Waals surface area (Å²) < 4.78 is 7.60. The molecule has 18 heavy (non-hydrogen) atoms. The number of nitrogens with zero attached hydrogens (tertiary/aromatic N) is 2. The van der Waals surface area contributed by atoms with Gasteiger partial charge in [-0.25, -0.2) is 0 Å². The number of aromatic nitrogens is 2. The van der Waals surface area contributed by atoms with E-state index in [9.17, 15) is 4.79 Å². The Hall–Kier alpha value is -0.680. The minimum atomic E-state index is 0.174. The Labute approximate surface area is 116 Å². The number of rotatable bonds is 5. The minimum Gasteiger partial charge on any atom is -0.383 e. The first-order valence-corrected chi connectivity index (χ1v) is 7.27. The third kappa shape index (κ3) is 3.01. The summed E-state index contributed by atoms with van der Waals surface area (Å²) in [5.74, 6) is 0.406. The molecule has 0 unspecified atom stereocenters. The summed E-state index contributed by atoms with van der Waals surface area (Å²) in [5, 5.41) is 4.24. The van der Waals surface area contributed by atoms with Gasteiger partial charge in [0.15, 0.2) is 5.78 Å². The molecule has 5 heteroatoms. The Morgan fingerprint density at radius 3 is 2.89 bits per heavy atom. The predicted molar refractivity (Wildman–Crippen MR) is 72.7 cm³/mol. The van der Waals surface area contributed by atoms with Crippen molar-refractivity contribution in [3.05, 3.63) is 16.4 Å². The molecule has 0 aliphatic heterocycles. The lowest BCUT2D eigenvalue weighted by atomic mass is 9.85. The third-order valence-corrected chi connectivity index (χ3v) is 4.09. The second kappa shape index (κ2) is 6.48. The van der Waals surface area contributed by atoms with Crippen molar-refractivity contribution in [3.8, 4) is 0 Å². The SMILES string of the molecule is COCCn1ncc(Br)c1C(=O)C1CCCCC1. The fraction of sp³-hybridized carbons (Fsp3) is 0.692. The average molecular weight is 315 g/mol. The van der Waals surface area contributed by atoms with Gasteiger partial charge in [-0.3, -0.25) is 9.48 Å². The highest BCUT2D eigenvalue weighted by Gasteiger charge is 2.26. The highest BCUT2D eigenvalue weighted by Crippen LogP contribution is 2.29. The zero-order chi connectivity index (χ0) is 13.0. The minimum absolute atomic E-state index is 0.174. The van der Waals surface area contributed by atoms with Gasteiger partial charge < -0.3 is 4.74 Å². The van der Waals surface area contributed by atoms with Crippen molar-refractivity contribution in [2.75, 3.05) is 13.7 Å². The van der Waals surface area contributed by atoms with Crippen LogP contribution in [0.3, 0.4) is 0 Å². The van der Waals surface area contributed by atoms with Gasteiger partial charge >= 0.3 is 0 Å². The summed E-state index contributed by atoms with van der Waals surface area (Å²) in [4.78, 5) is 12.5. The van der Waals surface area contributed by atoms with Gasteiger partial charge in [0.2, 0.25) is 0 Å². The number of methoxy groups -OCH3 is 1. The first-order chi connectivity index (χ1) is 8.74. The summed E-state index contributed by atoms with van der Waals surface area (Å²) >= 11 is 3.43. The van der Waals surface area contributed by atoms with Crippen molar-refractivity contribution in [1.82, 2.24) is 9.78 Å². The van der Waals surface area contributed by atoms with Gasteiger partial charge in [0.05, 0.1) is 23.8 Å². The Bertz CT molecular complexity index is 411. The summed E-state index contributed by atoms with van der Waals surface area (Å²) in [6.45, 7) is 1.19. The van der Waals surface area contributed by atoms with E-state index in [4.69, 9.17) is 4.74 Å². The number of hydrogen-bond donors (Lipinski definition) is 0. The molecule has 0 spiro atoms. The first-order valence-electron chi connectivity index (χ1n) is 6.48. The normalized spacial score (nSPS) is 17.0. The van der Waals surface area contributed by atoms with Gasteiger partial charge in [0.1, 0.15) is 5.69 Å². The van der Waals surface area contributed by atoms with E-state index in [0.717, 1.165) is 17.3 Å². The molecule has 0 aromatic carbocycles. The molecule has 4 nitrogen and oxygen atoms in total. The smallest absolute Gasteiger partial charge is 0.185 e. The monoisotopic (exact) mass is 314 g/mol. The molecule has 1 saturated carbocycles. The van der Waals surface area contributed by atoms with Crippen LogP contribution in [0.1, 0.15) is 42.6 Å². The molecular weight excluding hydrogens is 296 g/mol. The molecule has 0 atom stereocenters. The van der Waals surface area contributed by atoms with Gasteiger partial charge in [-0.2, -0.15) is 5.10 Å². The average Bonchev–Trinajstić information content (AvgIpc) is 2.77. The Balaban J connectivity index is 2.14. The fourth-order valence-corrected chi connectivity index (χ4v) is 3.00. The summed E-state index contributed by atoms with van der Waals surface area (Å²) in [6, 6.07) is 0. The molecule has 1 aliphatic rings. The Morgan fingerprint density at radius 1 is 1.50 bits per heavy atom. The molecule has 0 bridgehead atoms. The van der Waals surface area contributed by atoms with Crippen molar-refractivity contribution < 1.29 is 9.53 Å². The molecule has 0 saturated heterocycles. The molecule has 0 amide bonds. The number of carbonyl (C=O) groups excluding carboxylic acids is 1. The molecule has 2 rings (SSSR count). The first kappa shape index (κ1) is 13.7. The van der Waals surface area contributed by atoms with Crippen molar-refractivity contribution in [2.45, 2.75) is 38.6 Å². The van der Waals surface area contributed by atoms with Crippen LogP contribution in [0.4, 0.5) is 0 Å². The summed E-state index contributed by atoms with van der Waals surface area (Å²) in [5.41, 5.74) is 0.707. The maximum atomic E-state index is 12.5. The number of carbonyl (C=O) groups is 1. The van der Waals surface area contributed by atoms with Gasteiger partial charge in [-0.15, -0.1) is 0 Å². The lowest BCUT2D eigenvalue weighted by molar-refractivity contribution is 0.0874. The number of hydrogen-bond acceptors (Lipinski definition) is 3. The molecular formula is C13H19BrN2O2. The molecule has 0 radical (unpaired) electrons. The van der Waals surface area contributed by atoms with E-state index in [1.165, 1.54) is 19.3 Å². The lowest BCUT2D eigenvalue weighted by Crippen LogP contribution is -2.22. The van der Waals surface area contributed by atoms with Crippen LogP contribution >= 0.6 is 15.9 Å². The zero-order valence-corrected chi connectivity index (χ0v) is 12.3. The van der Waals surface area contributed by atoms with E-state index in [1.54, 1.807) is 18.0 Å². The molecule has 1 aliphatic carbocycles. The number of halogens is 1. The highest BCUT2D eigenvalue weighted by molar-refractivity contribution is 9.10. The van der Waals surface area contributed by atoms with Crippen molar-refractivity contribution in [3.63, 3.8) is 0 Å². The van der Waals surface area contributed by atoms with Crippen molar-refractivity contribution in [1.29, 1.82) is 0 Å². The van der Waals surface area contributed by atoms with E-state index in [1.807, 2.05) is 0 Å². The number of ether oxygens (including phenoxy) is 1. The maximum absolute atomic E-state index is 12.5. The van der Waals surface area contributed by atoms with Crippen LogP contribution in [0.2, 0.25) is 0 Å². The van der Waals surface area contributed by atoms with E-state index < -0.39 is 0 Å². The summed E-state index contributed by atoms with van der Waals surface area (Å²) in [6.07, 6.45) is 7.32. The summed E-state index contributed by atoms with van der Waals surface area (Å²) in [7, 11) is 1.65. The molecule has 1 aromatic heterocycles. The fourth-order valence-electron chi connectivity index (χ4n) is 2.51. The number of ketones is 1. The van der Waals surface area contributed by atoms with Crippen molar-refractivity contribution >= 4 is 21.7 Å². The second-order valence-electron chi connectivity index (χ2n) is 4.76. The molecule has 1 fully saturated rings. The Morgan fingerprint density at radius 2 is 2.22 bits per heavy atom. The van der Waals surface area contributed by atoms with E-state index in [-0.39, 0.29) is 11.7 Å². The third-order valence-electron chi connectivity index (χ3n) is 3.51. The maximum Gasteiger partial charge on any atom is 0.185 e. The largest absolute Gasteiger partial charge is 0.383 e. The van der Waals surface area contributed by atoms with Crippen LogP contribution in [-0.4, -0.2) is 29.3 Å². The van der Waals surface area contributed by atoms with Gasteiger partial charge in [-0.05, 0) is 28.8 Å². The number of Topliss-reactive ketones (excluding diaryl/α,β-unsaturated/α-hetero) is 1. The van der Waals surface area contributed by atoms with Gasteiger partial charge in [0, 0.05) is 13.0 Å². The second-order valence-corrected chi connectivity index (χ2v) is 5.61. The highest BCUT2D eigenvalue weighted by atomic mass is 79.9. The van der Waals surface area contributed by atoms with Crippen LogP contribution in [0, 0.1) is 5.92 Å². The van der Waals surface area contributed by atoms with Gasteiger partial charge in [0.25, 0.3) is 0 Å². The van der Waals surface area contributed by atoms with Crippen LogP contribution in [0.25, 0.3) is 0 Å². The predicted octanol–water partition coefficient (Wildman–Crippen LogP) is 3.06. The molecule has 0 N–H and O–H groups in total.